The average molecular weight is 289 g/mol. The molecule has 3 rings (SSSR count). The summed E-state index contributed by atoms with van der Waals surface area (Å²) in [7, 11) is 0. The first-order chi connectivity index (χ1) is 10.3. The highest BCUT2D eigenvalue weighted by Gasteiger charge is 2.24. The zero-order chi connectivity index (χ0) is 14.7. The van der Waals surface area contributed by atoms with Gasteiger partial charge in [0.1, 0.15) is 5.75 Å². The van der Waals surface area contributed by atoms with E-state index in [1.54, 1.807) is 0 Å². The molecule has 1 saturated carbocycles. The topological polar surface area (TPSA) is 41.5 Å². The summed E-state index contributed by atoms with van der Waals surface area (Å²) in [5.74, 6) is 2.18. The Labute approximate surface area is 127 Å². The quantitative estimate of drug-likeness (QED) is 0.875. The number of aliphatic hydroxyl groups is 1. The van der Waals surface area contributed by atoms with E-state index < -0.39 is 0 Å². The molecule has 0 amide bonds. The van der Waals surface area contributed by atoms with Crippen molar-refractivity contribution in [2.75, 3.05) is 19.8 Å². The number of fused-ring (bicyclic) bond motifs is 1. The highest BCUT2D eigenvalue weighted by atomic mass is 16.5. The third-order valence-electron chi connectivity index (χ3n) is 5.20. The minimum Gasteiger partial charge on any atom is -0.493 e. The molecule has 1 heterocycles. The second-order valence-corrected chi connectivity index (χ2v) is 6.58. The first-order valence-corrected chi connectivity index (χ1v) is 8.38. The SMILES string of the molecule is CC(NCC1CCCCC1CO)c1ccc2c(c1)CCO2. The molecular weight excluding hydrogens is 262 g/mol. The molecule has 116 valence electrons. The van der Waals surface area contributed by atoms with Crippen LogP contribution in [-0.2, 0) is 6.42 Å². The third-order valence-corrected chi connectivity index (χ3v) is 5.20. The Morgan fingerprint density at radius 3 is 2.90 bits per heavy atom. The number of benzene rings is 1. The van der Waals surface area contributed by atoms with Crippen LogP contribution < -0.4 is 10.1 Å². The predicted octanol–water partition coefficient (Wildman–Crippen LogP) is 3.07. The molecule has 2 N–H and O–H groups in total. The fraction of sp³-hybridized carbons (Fsp3) is 0.667. The van der Waals surface area contributed by atoms with Crippen molar-refractivity contribution in [2.45, 2.75) is 45.1 Å². The zero-order valence-corrected chi connectivity index (χ0v) is 13.0. The molecule has 0 saturated heterocycles. The van der Waals surface area contributed by atoms with Gasteiger partial charge in [0.15, 0.2) is 0 Å². The number of aliphatic hydroxyl groups excluding tert-OH is 1. The van der Waals surface area contributed by atoms with Crippen LogP contribution in [0.15, 0.2) is 18.2 Å². The maximum atomic E-state index is 9.51. The van der Waals surface area contributed by atoms with Gasteiger partial charge in [-0.05, 0) is 55.3 Å². The normalized spacial score (nSPS) is 26.2. The average Bonchev–Trinajstić information content (AvgIpc) is 3.00. The van der Waals surface area contributed by atoms with Crippen molar-refractivity contribution in [1.82, 2.24) is 5.32 Å². The van der Waals surface area contributed by atoms with Crippen molar-refractivity contribution in [3.05, 3.63) is 29.3 Å². The van der Waals surface area contributed by atoms with Gasteiger partial charge in [0.2, 0.25) is 0 Å². The van der Waals surface area contributed by atoms with E-state index in [1.807, 2.05) is 0 Å². The van der Waals surface area contributed by atoms with E-state index in [9.17, 15) is 5.11 Å². The lowest BCUT2D eigenvalue weighted by Crippen LogP contribution is -2.33. The second-order valence-electron chi connectivity index (χ2n) is 6.58. The van der Waals surface area contributed by atoms with Gasteiger partial charge in [-0.3, -0.25) is 0 Å². The fourth-order valence-electron chi connectivity index (χ4n) is 3.72. The molecule has 1 aromatic rings. The Morgan fingerprint density at radius 2 is 2.10 bits per heavy atom. The van der Waals surface area contributed by atoms with Crippen molar-refractivity contribution in [2.24, 2.45) is 11.8 Å². The highest BCUT2D eigenvalue weighted by Crippen LogP contribution is 2.31. The number of nitrogens with one attached hydrogen (secondary N) is 1. The van der Waals surface area contributed by atoms with E-state index in [4.69, 9.17) is 4.74 Å². The summed E-state index contributed by atoms with van der Waals surface area (Å²) in [6.07, 6.45) is 6.07. The van der Waals surface area contributed by atoms with Crippen LogP contribution in [0, 0.1) is 11.8 Å². The van der Waals surface area contributed by atoms with E-state index in [2.05, 4.69) is 30.4 Å². The Balaban J connectivity index is 1.57. The summed E-state index contributed by atoms with van der Waals surface area (Å²) < 4.78 is 5.57. The van der Waals surface area contributed by atoms with Crippen molar-refractivity contribution in [1.29, 1.82) is 0 Å². The van der Waals surface area contributed by atoms with E-state index in [-0.39, 0.29) is 0 Å². The lowest BCUT2D eigenvalue weighted by Gasteiger charge is -2.31. The van der Waals surface area contributed by atoms with E-state index in [0.717, 1.165) is 25.3 Å². The molecule has 1 fully saturated rings. The van der Waals surface area contributed by atoms with Crippen LogP contribution in [-0.4, -0.2) is 24.9 Å². The summed E-state index contributed by atoms with van der Waals surface area (Å²) >= 11 is 0. The number of rotatable bonds is 5. The van der Waals surface area contributed by atoms with Gasteiger partial charge in [0.05, 0.1) is 6.61 Å². The predicted molar refractivity (Wildman–Crippen MR) is 84.6 cm³/mol. The summed E-state index contributed by atoms with van der Waals surface area (Å²) in [5, 5.41) is 13.2. The zero-order valence-electron chi connectivity index (χ0n) is 13.0. The molecule has 0 spiro atoms. The summed E-state index contributed by atoms with van der Waals surface area (Å²) in [4.78, 5) is 0. The van der Waals surface area contributed by atoms with E-state index in [1.165, 1.54) is 36.8 Å². The molecule has 3 unspecified atom stereocenters. The minimum atomic E-state index is 0.344. The first-order valence-electron chi connectivity index (χ1n) is 8.38. The highest BCUT2D eigenvalue weighted by molar-refractivity contribution is 5.40. The van der Waals surface area contributed by atoms with Crippen molar-refractivity contribution in [3.8, 4) is 5.75 Å². The molecule has 21 heavy (non-hydrogen) atoms. The monoisotopic (exact) mass is 289 g/mol. The van der Waals surface area contributed by atoms with Gasteiger partial charge in [0, 0.05) is 19.1 Å². The van der Waals surface area contributed by atoms with Crippen LogP contribution in [0.2, 0.25) is 0 Å². The van der Waals surface area contributed by atoms with Crippen LogP contribution in [0.25, 0.3) is 0 Å². The minimum absolute atomic E-state index is 0.344. The molecule has 3 heteroatoms. The maximum Gasteiger partial charge on any atom is 0.122 e. The van der Waals surface area contributed by atoms with Crippen LogP contribution in [0.5, 0.6) is 5.75 Å². The van der Waals surface area contributed by atoms with Gasteiger partial charge in [-0.2, -0.15) is 0 Å². The number of hydrogen-bond acceptors (Lipinski definition) is 3. The van der Waals surface area contributed by atoms with Crippen molar-refractivity contribution in [3.63, 3.8) is 0 Å². The summed E-state index contributed by atoms with van der Waals surface area (Å²) in [5.41, 5.74) is 2.68. The van der Waals surface area contributed by atoms with Crippen molar-refractivity contribution < 1.29 is 9.84 Å². The standard InChI is InChI=1S/C18H27NO2/c1-13(14-6-7-18-15(10-14)8-9-21-18)19-11-16-4-2-3-5-17(16)12-20/h6-7,10,13,16-17,19-20H,2-5,8-9,11-12H2,1H3. The lowest BCUT2D eigenvalue weighted by molar-refractivity contribution is 0.131. The first kappa shape index (κ1) is 14.9. The number of ether oxygens (including phenoxy) is 1. The fourth-order valence-corrected chi connectivity index (χ4v) is 3.72. The van der Waals surface area contributed by atoms with Crippen LogP contribution in [0.4, 0.5) is 0 Å². The van der Waals surface area contributed by atoms with Gasteiger partial charge in [0.25, 0.3) is 0 Å². The number of hydrogen-bond donors (Lipinski definition) is 2. The summed E-state index contributed by atoms with van der Waals surface area (Å²) in [6.45, 7) is 4.41. The van der Waals surface area contributed by atoms with Gasteiger partial charge >= 0.3 is 0 Å². The smallest absolute Gasteiger partial charge is 0.122 e. The molecule has 1 aliphatic heterocycles. The molecule has 0 aromatic heterocycles. The Hall–Kier alpha value is -1.06. The molecule has 1 aliphatic carbocycles. The molecule has 0 bridgehead atoms. The molecule has 2 aliphatic rings. The maximum absolute atomic E-state index is 9.51. The molecule has 0 radical (unpaired) electrons. The third kappa shape index (κ3) is 3.41. The van der Waals surface area contributed by atoms with Crippen LogP contribution >= 0.6 is 0 Å². The van der Waals surface area contributed by atoms with E-state index in [0.29, 0.717) is 24.5 Å². The van der Waals surface area contributed by atoms with Gasteiger partial charge in [-0.1, -0.05) is 25.0 Å². The van der Waals surface area contributed by atoms with Gasteiger partial charge in [-0.15, -0.1) is 0 Å². The molecule has 1 aromatic carbocycles. The Morgan fingerprint density at radius 1 is 1.29 bits per heavy atom. The second kappa shape index (κ2) is 6.80. The Kier molecular flexibility index (Phi) is 4.81. The largest absolute Gasteiger partial charge is 0.493 e. The van der Waals surface area contributed by atoms with Crippen LogP contribution in [0.1, 0.15) is 49.8 Å². The Bertz CT molecular complexity index is 474. The molecular formula is C18H27NO2. The van der Waals surface area contributed by atoms with Gasteiger partial charge in [-0.25, -0.2) is 0 Å². The summed E-state index contributed by atoms with van der Waals surface area (Å²) in [6, 6.07) is 6.92. The molecule has 3 atom stereocenters. The van der Waals surface area contributed by atoms with Crippen LogP contribution in [0.3, 0.4) is 0 Å². The van der Waals surface area contributed by atoms with E-state index >= 15 is 0 Å². The lowest BCUT2D eigenvalue weighted by atomic mass is 9.79. The van der Waals surface area contributed by atoms with Gasteiger partial charge < -0.3 is 15.2 Å². The van der Waals surface area contributed by atoms with Crippen molar-refractivity contribution >= 4 is 0 Å². The molecule has 3 nitrogen and oxygen atoms in total.